The number of benzene rings is 2. The van der Waals surface area contributed by atoms with Gasteiger partial charge in [-0.3, -0.25) is 9.10 Å². The third-order valence-corrected chi connectivity index (χ3v) is 6.96. The molecule has 0 bridgehead atoms. The zero-order valence-corrected chi connectivity index (χ0v) is 20.4. The number of carbonyl (C=O) groups is 1. The number of nitrogens with zero attached hydrogens (tertiary/aromatic N) is 1. The van der Waals surface area contributed by atoms with Crippen molar-refractivity contribution in [3.05, 3.63) is 47.5 Å². The Morgan fingerprint density at radius 3 is 2.39 bits per heavy atom. The summed E-state index contributed by atoms with van der Waals surface area (Å²) in [7, 11) is -3.62. The number of fused-ring (bicyclic) bond motifs is 2. The molecule has 9 heteroatoms. The summed E-state index contributed by atoms with van der Waals surface area (Å²) < 4.78 is 43.5. The van der Waals surface area contributed by atoms with Gasteiger partial charge >= 0.3 is 0 Å². The lowest BCUT2D eigenvalue weighted by atomic mass is 9.86. The second kappa shape index (κ2) is 8.44. The summed E-state index contributed by atoms with van der Waals surface area (Å²) in [4.78, 5) is 13.1. The molecular weight excluding hydrogens is 444 g/mol. The van der Waals surface area contributed by atoms with Crippen LogP contribution in [-0.4, -0.2) is 46.4 Å². The van der Waals surface area contributed by atoms with Crippen molar-refractivity contribution in [1.82, 2.24) is 5.32 Å². The maximum atomic E-state index is 13.1. The minimum absolute atomic E-state index is 0.0981. The molecule has 1 amide bonds. The number of anilines is 1. The Bertz CT molecular complexity index is 1170. The zero-order valence-electron chi connectivity index (χ0n) is 19.5. The van der Waals surface area contributed by atoms with E-state index in [1.807, 2.05) is 37.3 Å². The van der Waals surface area contributed by atoms with Gasteiger partial charge in [0.1, 0.15) is 19.0 Å². The minimum atomic E-state index is -3.62. The van der Waals surface area contributed by atoms with E-state index in [0.717, 1.165) is 17.4 Å². The van der Waals surface area contributed by atoms with Crippen LogP contribution in [-0.2, 0) is 20.2 Å². The SMILES string of the molecule is C[C@@H](NC(=O)[C@H]1CN(S(C)(=O)=O)c2cc(C(C)(C)C)ccc2O1)c1ccc2c(c1)OCCO2. The number of carbonyl (C=O) groups excluding carboxylic acids is 1. The van der Waals surface area contributed by atoms with Gasteiger partial charge < -0.3 is 19.5 Å². The Morgan fingerprint density at radius 1 is 1.06 bits per heavy atom. The van der Waals surface area contributed by atoms with Gasteiger partial charge in [-0.1, -0.05) is 32.9 Å². The first-order chi connectivity index (χ1) is 15.4. The van der Waals surface area contributed by atoms with Crippen LogP contribution < -0.4 is 23.8 Å². The molecule has 1 N–H and O–H groups in total. The van der Waals surface area contributed by atoms with Gasteiger partial charge in [0, 0.05) is 0 Å². The van der Waals surface area contributed by atoms with E-state index >= 15 is 0 Å². The summed E-state index contributed by atoms with van der Waals surface area (Å²) in [6, 6.07) is 10.6. The topological polar surface area (TPSA) is 94.2 Å². The van der Waals surface area contributed by atoms with E-state index < -0.39 is 22.0 Å². The van der Waals surface area contributed by atoms with E-state index in [2.05, 4.69) is 26.1 Å². The second-order valence-electron chi connectivity index (χ2n) is 9.47. The summed E-state index contributed by atoms with van der Waals surface area (Å²) in [5.74, 6) is 1.29. The average Bonchev–Trinajstić information content (AvgIpc) is 2.76. The lowest BCUT2D eigenvalue weighted by Gasteiger charge is -2.35. The van der Waals surface area contributed by atoms with E-state index in [1.165, 1.54) is 4.31 Å². The lowest BCUT2D eigenvalue weighted by Crippen LogP contribution is -2.50. The summed E-state index contributed by atoms with van der Waals surface area (Å²) in [5, 5.41) is 2.93. The highest BCUT2D eigenvalue weighted by Gasteiger charge is 2.36. The van der Waals surface area contributed by atoms with Crippen molar-refractivity contribution in [1.29, 1.82) is 0 Å². The normalized spacial score (nSPS) is 18.7. The van der Waals surface area contributed by atoms with Crippen LogP contribution in [0.2, 0.25) is 0 Å². The second-order valence-corrected chi connectivity index (χ2v) is 11.4. The first-order valence-corrected chi connectivity index (χ1v) is 12.8. The van der Waals surface area contributed by atoms with E-state index in [4.69, 9.17) is 14.2 Å². The quantitative estimate of drug-likeness (QED) is 0.732. The largest absolute Gasteiger partial charge is 0.486 e. The van der Waals surface area contributed by atoms with Crippen LogP contribution in [0.4, 0.5) is 5.69 Å². The Morgan fingerprint density at radius 2 is 1.73 bits per heavy atom. The van der Waals surface area contributed by atoms with Crippen LogP contribution in [0.15, 0.2) is 36.4 Å². The number of rotatable bonds is 4. The maximum Gasteiger partial charge on any atom is 0.263 e. The fourth-order valence-corrected chi connectivity index (χ4v) is 4.79. The predicted octanol–water partition coefficient (Wildman–Crippen LogP) is 3.16. The van der Waals surface area contributed by atoms with E-state index in [0.29, 0.717) is 36.1 Å². The molecule has 0 fully saturated rings. The van der Waals surface area contributed by atoms with Crippen molar-refractivity contribution in [2.45, 2.75) is 45.3 Å². The summed E-state index contributed by atoms with van der Waals surface area (Å²) in [6.45, 7) is 8.90. The highest BCUT2D eigenvalue weighted by atomic mass is 32.2. The van der Waals surface area contributed by atoms with Crippen molar-refractivity contribution in [2.75, 3.05) is 30.3 Å². The van der Waals surface area contributed by atoms with Crippen molar-refractivity contribution >= 4 is 21.6 Å². The standard InChI is InChI=1S/C24H30N2O6S/c1-15(16-6-8-20-21(12-16)31-11-10-30-20)25-23(27)22-14-26(33(5,28)29)18-13-17(24(2,3)4)7-9-19(18)32-22/h6-9,12-13,15,22H,10-11,14H2,1-5H3,(H,25,27)/t15-,22-/m1/s1. The highest BCUT2D eigenvalue weighted by molar-refractivity contribution is 7.92. The number of ether oxygens (including phenoxy) is 3. The van der Waals surface area contributed by atoms with Gasteiger partial charge in [-0.15, -0.1) is 0 Å². The lowest BCUT2D eigenvalue weighted by molar-refractivity contribution is -0.128. The number of nitrogens with one attached hydrogen (secondary N) is 1. The van der Waals surface area contributed by atoms with Crippen molar-refractivity contribution in [2.24, 2.45) is 0 Å². The molecule has 0 radical (unpaired) electrons. The van der Waals surface area contributed by atoms with Crippen LogP contribution in [0.25, 0.3) is 0 Å². The molecule has 0 aliphatic carbocycles. The van der Waals surface area contributed by atoms with E-state index in [-0.39, 0.29) is 18.0 Å². The summed E-state index contributed by atoms with van der Waals surface area (Å²) >= 11 is 0. The average molecular weight is 475 g/mol. The van der Waals surface area contributed by atoms with E-state index in [1.54, 1.807) is 6.07 Å². The fraction of sp³-hybridized carbons (Fsp3) is 0.458. The van der Waals surface area contributed by atoms with E-state index in [9.17, 15) is 13.2 Å². The van der Waals surface area contributed by atoms with Gasteiger partial charge in [-0.25, -0.2) is 8.42 Å². The molecule has 0 unspecified atom stereocenters. The monoisotopic (exact) mass is 474 g/mol. The Kier molecular flexibility index (Phi) is 5.94. The molecule has 0 aromatic heterocycles. The first kappa shape index (κ1) is 23.2. The molecule has 4 rings (SSSR count). The molecule has 178 valence electrons. The molecule has 0 saturated carbocycles. The highest BCUT2D eigenvalue weighted by Crippen LogP contribution is 2.39. The molecule has 2 aliphatic rings. The van der Waals surface area contributed by atoms with Gasteiger partial charge in [0.25, 0.3) is 5.91 Å². The maximum absolute atomic E-state index is 13.1. The van der Waals surface area contributed by atoms with Gasteiger partial charge in [-0.05, 0) is 47.7 Å². The molecule has 0 spiro atoms. The zero-order chi connectivity index (χ0) is 24.0. The Balaban J connectivity index is 1.55. The van der Waals surface area contributed by atoms with Crippen LogP contribution in [0.5, 0.6) is 17.2 Å². The van der Waals surface area contributed by atoms with Crippen LogP contribution in [0, 0.1) is 0 Å². The molecule has 0 saturated heterocycles. The van der Waals surface area contributed by atoms with Crippen molar-refractivity contribution in [3.8, 4) is 17.2 Å². The Labute approximate surface area is 194 Å². The van der Waals surface area contributed by atoms with Gasteiger partial charge in [0.05, 0.1) is 24.5 Å². The van der Waals surface area contributed by atoms with Gasteiger partial charge in [-0.2, -0.15) is 0 Å². The molecule has 2 heterocycles. The van der Waals surface area contributed by atoms with Crippen molar-refractivity contribution in [3.63, 3.8) is 0 Å². The molecule has 2 aromatic carbocycles. The molecular formula is C24H30N2O6S. The van der Waals surface area contributed by atoms with Crippen molar-refractivity contribution < 1.29 is 27.4 Å². The minimum Gasteiger partial charge on any atom is -0.486 e. The third-order valence-electron chi connectivity index (χ3n) is 5.81. The fourth-order valence-electron chi connectivity index (χ4n) is 3.89. The molecule has 8 nitrogen and oxygen atoms in total. The van der Waals surface area contributed by atoms with Gasteiger partial charge in [0.2, 0.25) is 10.0 Å². The summed E-state index contributed by atoms with van der Waals surface area (Å²) in [5.41, 5.74) is 2.12. The van der Waals surface area contributed by atoms with Crippen LogP contribution in [0.3, 0.4) is 0 Å². The number of amides is 1. The first-order valence-electron chi connectivity index (χ1n) is 10.9. The van der Waals surface area contributed by atoms with Crippen LogP contribution >= 0.6 is 0 Å². The molecule has 2 aliphatic heterocycles. The number of hydrogen-bond donors (Lipinski definition) is 1. The number of sulfonamides is 1. The molecule has 2 atom stereocenters. The van der Waals surface area contributed by atoms with Gasteiger partial charge in [0.15, 0.2) is 17.6 Å². The van der Waals surface area contributed by atoms with Crippen LogP contribution in [0.1, 0.15) is 44.9 Å². The number of hydrogen-bond acceptors (Lipinski definition) is 6. The molecule has 2 aromatic rings. The predicted molar refractivity (Wildman–Crippen MR) is 126 cm³/mol. The summed E-state index contributed by atoms with van der Waals surface area (Å²) in [6.07, 6.45) is 0.158. The molecule has 33 heavy (non-hydrogen) atoms. The smallest absolute Gasteiger partial charge is 0.263 e. The Hall–Kier alpha value is -2.94. The third kappa shape index (κ3) is 4.88.